The zero-order valence-electron chi connectivity index (χ0n) is 19.0. The summed E-state index contributed by atoms with van der Waals surface area (Å²) in [6, 6.07) is 31.1. The number of para-hydroxylation sites is 3. The fraction of sp³-hybridized carbons (Fsp3) is 0. The molecule has 6 nitrogen and oxygen atoms in total. The van der Waals surface area contributed by atoms with Crippen molar-refractivity contribution in [3.63, 3.8) is 0 Å². The van der Waals surface area contributed by atoms with Gasteiger partial charge in [0.05, 0.1) is 16.9 Å². The third-order valence-corrected chi connectivity index (χ3v) is 5.97. The molecule has 0 spiro atoms. The number of benzene rings is 4. The van der Waals surface area contributed by atoms with Crippen molar-refractivity contribution in [3.05, 3.63) is 126 Å². The lowest BCUT2D eigenvalue weighted by atomic mass is 10.1. The lowest BCUT2D eigenvalue weighted by molar-refractivity contribution is 0.101. The molecule has 0 aliphatic carbocycles. The number of rotatable bonds is 4. The molecule has 6 heteroatoms. The number of aromatic amines is 1. The molecule has 0 saturated carbocycles. The van der Waals surface area contributed by atoms with E-state index in [1.165, 1.54) is 4.90 Å². The van der Waals surface area contributed by atoms with E-state index in [1.54, 1.807) is 24.3 Å². The van der Waals surface area contributed by atoms with Crippen molar-refractivity contribution in [2.45, 2.75) is 0 Å². The molecule has 1 amide bonds. The van der Waals surface area contributed by atoms with E-state index in [0.717, 1.165) is 16.5 Å². The van der Waals surface area contributed by atoms with Crippen LogP contribution in [0.3, 0.4) is 0 Å². The first-order valence-corrected chi connectivity index (χ1v) is 11.4. The molecule has 0 radical (unpaired) electrons. The maximum absolute atomic E-state index is 13.3. The summed E-state index contributed by atoms with van der Waals surface area (Å²) in [5.74, 6) is 0.621. The van der Waals surface area contributed by atoms with Crippen LogP contribution < -0.4 is 14.4 Å². The number of nitrogens with zero attached hydrogens (tertiary/aromatic N) is 1. The molecule has 0 atom stereocenters. The van der Waals surface area contributed by atoms with Crippen LogP contribution in [0.4, 0.5) is 16.2 Å². The van der Waals surface area contributed by atoms with Gasteiger partial charge in [-0.05, 0) is 48.5 Å². The summed E-state index contributed by atoms with van der Waals surface area (Å²) in [5, 5.41) is 0.994. The van der Waals surface area contributed by atoms with Crippen LogP contribution >= 0.6 is 0 Å². The summed E-state index contributed by atoms with van der Waals surface area (Å²) in [5.41, 5.74) is 3.59. The van der Waals surface area contributed by atoms with Crippen molar-refractivity contribution in [3.8, 4) is 11.5 Å². The van der Waals surface area contributed by atoms with Gasteiger partial charge in [-0.3, -0.25) is 4.79 Å². The number of aromatic nitrogens is 1. The van der Waals surface area contributed by atoms with Crippen LogP contribution in [0.25, 0.3) is 17.0 Å². The second-order valence-corrected chi connectivity index (χ2v) is 8.26. The van der Waals surface area contributed by atoms with Crippen molar-refractivity contribution in [2.75, 3.05) is 4.90 Å². The molecule has 36 heavy (non-hydrogen) atoms. The zero-order chi connectivity index (χ0) is 24.5. The Morgan fingerprint density at radius 1 is 0.833 bits per heavy atom. The molecule has 4 aromatic carbocycles. The number of H-pyrrole nitrogens is 1. The average molecular weight is 473 g/mol. The first-order chi connectivity index (χ1) is 17.7. The van der Waals surface area contributed by atoms with Gasteiger partial charge >= 0.3 is 6.09 Å². The molecule has 0 saturated heterocycles. The minimum atomic E-state index is -0.578. The molecular formula is C30H20N2O4. The number of ketones is 1. The fourth-order valence-corrected chi connectivity index (χ4v) is 4.25. The lowest BCUT2D eigenvalue weighted by Gasteiger charge is -2.22. The summed E-state index contributed by atoms with van der Waals surface area (Å²) < 4.78 is 11.6. The first-order valence-electron chi connectivity index (χ1n) is 11.4. The minimum absolute atomic E-state index is 0.216. The highest BCUT2D eigenvalue weighted by Crippen LogP contribution is 2.36. The Morgan fingerprint density at radius 3 is 2.22 bits per heavy atom. The Balaban J connectivity index is 1.27. The quantitative estimate of drug-likeness (QED) is 0.283. The molecule has 0 unspecified atom stereocenters. The van der Waals surface area contributed by atoms with Crippen LogP contribution in [0, 0.1) is 0 Å². The van der Waals surface area contributed by atoms with E-state index in [4.69, 9.17) is 9.47 Å². The first kappa shape index (κ1) is 21.4. The number of ether oxygens (including phenoxy) is 2. The Bertz CT molecular complexity index is 1580. The van der Waals surface area contributed by atoms with Crippen LogP contribution in [0.5, 0.6) is 11.5 Å². The maximum atomic E-state index is 13.3. The highest BCUT2D eigenvalue weighted by Gasteiger charge is 2.29. The molecule has 0 fully saturated rings. The molecule has 1 N–H and O–H groups in total. The average Bonchev–Trinajstić information content (AvgIpc) is 3.46. The molecule has 1 aliphatic rings. The Morgan fingerprint density at radius 2 is 1.50 bits per heavy atom. The normalized spacial score (nSPS) is 13.4. The predicted octanol–water partition coefficient (Wildman–Crippen LogP) is 7.12. The number of fused-ring (bicyclic) bond motifs is 2. The largest absolute Gasteiger partial charge is 0.452 e. The van der Waals surface area contributed by atoms with Gasteiger partial charge in [0.1, 0.15) is 11.5 Å². The second-order valence-electron chi connectivity index (χ2n) is 8.26. The number of nitrogens with one attached hydrogen (secondary N) is 1. The van der Waals surface area contributed by atoms with Crippen LogP contribution in [0.1, 0.15) is 15.9 Å². The zero-order valence-corrected chi connectivity index (χ0v) is 19.0. The SMILES string of the molecule is O=C1C(=Cc2c[nH]c3ccccc23)Oc2cc(OC(=O)N(c3ccccc3)c3ccccc3)ccc21. The number of allylic oxidation sites excluding steroid dienone is 1. The molecule has 1 aliphatic heterocycles. The molecule has 0 bridgehead atoms. The van der Waals surface area contributed by atoms with Crippen molar-refractivity contribution in [2.24, 2.45) is 0 Å². The van der Waals surface area contributed by atoms with Gasteiger partial charge in [0.2, 0.25) is 5.78 Å². The molecule has 6 rings (SSSR count). The Hall–Kier alpha value is -5.10. The summed E-state index contributed by atoms with van der Waals surface area (Å²) in [6.45, 7) is 0. The van der Waals surface area contributed by atoms with Gasteiger partial charge in [-0.15, -0.1) is 0 Å². The van der Waals surface area contributed by atoms with Crippen LogP contribution in [0.2, 0.25) is 0 Å². The minimum Gasteiger partial charge on any atom is -0.452 e. The summed E-state index contributed by atoms with van der Waals surface area (Å²) in [4.78, 5) is 30.9. The van der Waals surface area contributed by atoms with Crippen molar-refractivity contribution < 1.29 is 19.1 Å². The van der Waals surface area contributed by atoms with Gasteiger partial charge in [-0.2, -0.15) is 0 Å². The highest BCUT2D eigenvalue weighted by atomic mass is 16.6. The Labute approximate surface area is 207 Å². The topological polar surface area (TPSA) is 71.6 Å². The number of carbonyl (C=O) groups is 2. The van der Waals surface area contributed by atoms with Crippen LogP contribution in [-0.2, 0) is 0 Å². The number of hydrogen-bond acceptors (Lipinski definition) is 4. The predicted molar refractivity (Wildman–Crippen MR) is 139 cm³/mol. The smallest absolute Gasteiger partial charge is 0.424 e. The summed E-state index contributed by atoms with van der Waals surface area (Å²) in [7, 11) is 0. The van der Waals surface area contributed by atoms with Gasteiger partial charge < -0.3 is 14.5 Å². The van der Waals surface area contributed by atoms with Gasteiger partial charge in [-0.1, -0.05) is 54.6 Å². The van der Waals surface area contributed by atoms with Crippen molar-refractivity contribution in [1.82, 2.24) is 4.98 Å². The van der Waals surface area contributed by atoms with E-state index >= 15 is 0 Å². The van der Waals surface area contributed by atoms with Crippen molar-refractivity contribution in [1.29, 1.82) is 0 Å². The van der Waals surface area contributed by atoms with E-state index in [1.807, 2.05) is 91.1 Å². The van der Waals surface area contributed by atoms with Gasteiger partial charge in [0.15, 0.2) is 5.76 Å². The van der Waals surface area contributed by atoms with Crippen LogP contribution in [-0.4, -0.2) is 16.9 Å². The monoisotopic (exact) mass is 472 g/mol. The molecule has 174 valence electrons. The standard InChI is InChI=1S/C30H20N2O4/c33-29-25-16-15-23(18-27(25)36-28(29)17-20-19-31-26-14-8-7-13-24(20)26)35-30(34)32(21-9-3-1-4-10-21)22-11-5-2-6-12-22/h1-19,31H. The maximum Gasteiger partial charge on any atom is 0.424 e. The third kappa shape index (κ3) is 3.91. The lowest BCUT2D eigenvalue weighted by Crippen LogP contribution is -2.29. The second kappa shape index (κ2) is 8.92. The van der Waals surface area contributed by atoms with Gasteiger partial charge in [-0.25, -0.2) is 9.69 Å². The molecule has 5 aromatic rings. The van der Waals surface area contributed by atoms with Crippen molar-refractivity contribution >= 4 is 40.2 Å². The van der Waals surface area contributed by atoms with Crippen LogP contribution in [0.15, 0.2) is 115 Å². The number of carbonyl (C=O) groups excluding carboxylic acids is 2. The Kier molecular flexibility index (Phi) is 5.31. The highest BCUT2D eigenvalue weighted by molar-refractivity contribution is 6.15. The number of hydrogen-bond donors (Lipinski definition) is 1. The van der Waals surface area contributed by atoms with E-state index < -0.39 is 6.09 Å². The summed E-state index contributed by atoms with van der Waals surface area (Å²) >= 11 is 0. The number of amides is 1. The molecule has 2 heterocycles. The van der Waals surface area contributed by atoms with Gasteiger partial charge in [0.25, 0.3) is 0 Å². The van der Waals surface area contributed by atoms with E-state index in [2.05, 4.69) is 4.98 Å². The van der Waals surface area contributed by atoms with Gasteiger partial charge in [0, 0.05) is 28.7 Å². The molecular weight excluding hydrogens is 452 g/mol. The van der Waals surface area contributed by atoms with E-state index in [-0.39, 0.29) is 17.3 Å². The third-order valence-electron chi connectivity index (χ3n) is 5.97. The fourth-order valence-electron chi connectivity index (χ4n) is 4.25. The van der Waals surface area contributed by atoms with E-state index in [9.17, 15) is 9.59 Å². The van der Waals surface area contributed by atoms with E-state index in [0.29, 0.717) is 22.7 Å². The number of Topliss-reactive ketones (excluding diaryl/α,β-unsaturated/α-hetero) is 1. The molecule has 1 aromatic heterocycles. The number of anilines is 2. The summed E-state index contributed by atoms with van der Waals surface area (Å²) in [6.07, 6.45) is 2.98.